The number of fused-ring (bicyclic) bond motifs is 1. The molecule has 4 nitrogen and oxygen atoms in total. The Morgan fingerprint density at radius 2 is 1.96 bits per heavy atom. The second-order valence-corrected chi connectivity index (χ2v) is 7.62. The number of carbonyl (C=O) groups is 1. The van der Waals surface area contributed by atoms with Gasteiger partial charge in [-0.25, -0.2) is 0 Å². The molecule has 1 aromatic heterocycles. The minimum Gasteiger partial charge on any atom is -0.337 e. The molecule has 2 aromatic rings. The molecule has 0 saturated carbocycles. The van der Waals surface area contributed by atoms with Crippen molar-refractivity contribution in [1.29, 1.82) is 0 Å². The predicted molar refractivity (Wildman–Crippen MR) is 100 cm³/mol. The monoisotopic (exact) mass is 344 g/mol. The van der Waals surface area contributed by atoms with Gasteiger partial charge in [-0.15, -0.1) is 11.8 Å². The largest absolute Gasteiger partial charge is 0.337 e. The molecule has 1 amide bonds. The van der Waals surface area contributed by atoms with Gasteiger partial charge in [0.15, 0.2) is 0 Å². The number of pyridine rings is 1. The Morgan fingerprint density at radius 1 is 1.25 bits per heavy atom. The van der Waals surface area contributed by atoms with Gasteiger partial charge in [-0.05, 0) is 50.6 Å². The lowest BCUT2D eigenvalue weighted by atomic mass is 9.98. The maximum Gasteiger partial charge on any atom is 0.252 e. The number of rotatable bonds is 4. The van der Waals surface area contributed by atoms with Gasteiger partial charge in [0, 0.05) is 28.9 Å². The third-order valence-corrected chi connectivity index (χ3v) is 5.76. The maximum absolute atomic E-state index is 12.5. The number of nitrogens with one attached hydrogen (secondary N) is 1. The summed E-state index contributed by atoms with van der Waals surface area (Å²) in [5, 5.41) is 1.03. The minimum atomic E-state index is -0.0617. The first-order valence-electron chi connectivity index (χ1n) is 8.56. The molecule has 0 aliphatic carbocycles. The fourth-order valence-corrected chi connectivity index (χ4v) is 4.40. The van der Waals surface area contributed by atoms with Gasteiger partial charge >= 0.3 is 0 Å². The van der Waals surface area contributed by atoms with E-state index in [0.717, 1.165) is 29.3 Å². The van der Waals surface area contributed by atoms with Crippen molar-refractivity contribution in [2.24, 2.45) is 0 Å². The first-order chi connectivity index (χ1) is 11.6. The molecule has 1 aliphatic rings. The summed E-state index contributed by atoms with van der Waals surface area (Å²) >= 11 is 1.52. The van der Waals surface area contributed by atoms with Crippen LogP contribution in [0.4, 0.5) is 0 Å². The quantitative estimate of drug-likeness (QED) is 0.923. The van der Waals surface area contributed by atoms with Crippen molar-refractivity contribution in [3.8, 4) is 0 Å². The summed E-state index contributed by atoms with van der Waals surface area (Å²) in [5.74, 6) is 1.18. The fourth-order valence-electron chi connectivity index (χ4n) is 3.54. The normalized spacial score (nSPS) is 21.2. The van der Waals surface area contributed by atoms with Crippen molar-refractivity contribution >= 4 is 28.6 Å². The lowest BCUT2D eigenvalue weighted by Gasteiger charge is -2.39. The summed E-state index contributed by atoms with van der Waals surface area (Å²) in [7, 11) is 0. The first kappa shape index (κ1) is 17.1. The van der Waals surface area contributed by atoms with Crippen molar-refractivity contribution in [3.05, 3.63) is 46.2 Å². The van der Waals surface area contributed by atoms with Crippen molar-refractivity contribution < 1.29 is 4.79 Å². The van der Waals surface area contributed by atoms with Gasteiger partial charge < -0.3 is 9.88 Å². The third kappa shape index (κ3) is 3.66. The number of carbonyl (C=O) groups excluding carboxylic acids is 1. The van der Waals surface area contributed by atoms with E-state index >= 15 is 0 Å². The van der Waals surface area contributed by atoms with E-state index in [1.54, 1.807) is 0 Å². The Hall–Kier alpha value is -1.75. The van der Waals surface area contributed by atoms with Gasteiger partial charge in [0.1, 0.15) is 0 Å². The summed E-state index contributed by atoms with van der Waals surface area (Å²) in [6.45, 7) is 4.26. The summed E-state index contributed by atoms with van der Waals surface area (Å²) < 4.78 is 0. The van der Waals surface area contributed by atoms with Gasteiger partial charge in [-0.2, -0.15) is 0 Å². The van der Waals surface area contributed by atoms with Crippen LogP contribution in [0.15, 0.2) is 35.1 Å². The van der Waals surface area contributed by atoms with Crippen LogP contribution < -0.4 is 5.56 Å². The van der Waals surface area contributed by atoms with Gasteiger partial charge in [-0.1, -0.05) is 18.2 Å². The Balaban J connectivity index is 1.63. The number of piperidine rings is 1. The van der Waals surface area contributed by atoms with Gasteiger partial charge in [0.2, 0.25) is 5.91 Å². The highest BCUT2D eigenvalue weighted by Crippen LogP contribution is 2.24. The van der Waals surface area contributed by atoms with E-state index in [4.69, 9.17) is 0 Å². The standard InChI is InChI=1S/C19H24N2O2S/c1-13-6-5-7-14(2)21(13)18(22)12-24-11-16-10-15-8-3-4-9-17(15)20-19(16)23/h3-4,8-10,13-14H,5-7,11-12H2,1-2H3,(H,20,23)/t13-,14-/m0/s1. The molecule has 1 N–H and O–H groups in total. The van der Waals surface area contributed by atoms with E-state index in [0.29, 0.717) is 23.6 Å². The number of hydrogen-bond donors (Lipinski definition) is 1. The average molecular weight is 344 g/mol. The zero-order valence-electron chi connectivity index (χ0n) is 14.2. The van der Waals surface area contributed by atoms with Gasteiger partial charge in [-0.3, -0.25) is 9.59 Å². The predicted octanol–water partition coefficient (Wildman–Crippen LogP) is 3.55. The van der Waals surface area contributed by atoms with Crippen molar-refractivity contribution in [1.82, 2.24) is 9.88 Å². The molecule has 2 heterocycles. The number of aromatic nitrogens is 1. The highest BCUT2D eigenvalue weighted by molar-refractivity contribution is 7.99. The molecule has 24 heavy (non-hydrogen) atoms. The molecule has 3 rings (SSSR count). The topological polar surface area (TPSA) is 53.2 Å². The van der Waals surface area contributed by atoms with Crippen LogP contribution in [0.3, 0.4) is 0 Å². The zero-order valence-corrected chi connectivity index (χ0v) is 15.1. The number of thioether (sulfide) groups is 1. The van der Waals surface area contributed by atoms with Gasteiger partial charge in [0.05, 0.1) is 5.75 Å². The van der Waals surface area contributed by atoms with E-state index in [1.165, 1.54) is 18.2 Å². The Morgan fingerprint density at radius 3 is 2.71 bits per heavy atom. The number of para-hydroxylation sites is 1. The first-order valence-corrected chi connectivity index (χ1v) is 9.71. The average Bonchev–Trinajstić information content (AvgIpc) is 2.55. The number of benzene rings is 1. The maximum atomic E-state index is 12.5. The second-order valence-electron chi connectivity index (χ2n) is 6.63. The highest BCUT2D eigenvalue weighted by Gasteiger charge is 2.28. The minimum absolute atomic E-state index is 0.0617. The van der Waals surface area contributed by atoms with E-state index in [-0.39, 0.29) is 11.5 Å². The summed E-state index contributed by atoms with van der Waals surface area (Å²) in [4.78, 5) is 29.6. The van der Waals surface area contributed by atoms with Crippen LogP contribution in [-0.2, 0) is 10.5 Å². The second kappa shape index (κ2) is 7.43. The van der Waals surface area contributed by atoms with Crippen molar-refractivity contribution in [2.45, 2.75) is 50.9 Å². The number of amides is 1. The Kier molecular flexibility index (Phi) is 5.29. The number of aromatic amines is 1. The van der Waals surface area contributed by atoms with Crippen molar-refractivity contribution in [3.63, 3.8) is 0 Å². The number of hydrogen-bond acceptors (Lipinski definition) is 3. The number of H-pyrrole nitrogens is 1. The molecule has 1 saturated heterocycles. The van der Waals surface area contributed by atoms with E-state index in [2.05, 4.69) is 18.8 Å². The summed E-state index contributed by atoms with van der Waals surface area (Å²) in [6, 6.07) is 10.3. The van der Waals surface area contributed by atoms with Crippen LogP contribution in [0.5, 0.6) is 0 Å². The van der Waals surface area contributed by atoms with Crippen LogP contribution in [0.2, 0.25) is 0 Å². The molecule has 128 valence electrons. The van der Waals surface area contributed by atoms with Crippen LogP contribution in [-0.4, -0.2) is 33.6 Å². The molecular formula is C19H24N2O2S. The van der Waals surface area contributed by atoms with Crippen LogP contribution in [0, 0.1) is 0 Å². The van der Waals surface area contributed by atoms with Crippen LogP contribution in [0.25, 0.3) is 10.9 Å². The highest BCUT2D eigenvalue weighted by atomic mass is 32.2. The SMILES string of the molecule is C[C@H]1CCC[C@H](C)N1C(=O)CSCc1cc2ccccc2[nH]c1=O. The summed E-state index contributed by atoms with van der Waals surface area (Å²) in [6.07, 6.45) is 3.38. The lowest BCUT2D eigenvalue weighted by Crippen LogP contribution is -2.48. The molecule has 2 atom stereocenters. The Bertz CT molecular complexity index is 776. The lowest BCUT2D eigenvalue weighted by molar-refractivity contribution is -0.134. The molecule has 0 spiro atoms. The molecule has 1 aromatic carbocycles. The molecule has 1 fully saturated rings. The smallest absolute Gasteiger partial charge is 0.252 e. The number of likely N-dealkylation sites (tertiary alicyclic amines) is 1. The molecular weight excluding hydrogens is 320 g/mol. The molecule has 1 aliphatic heterocycles. The summed E-state index contributed by atoms with van der Waals surface area (Å²) in [5.41, 5.74) is 1.52. The zero-order chi connectivity index (χ0) is 17.1. The van der Waals surface area contributed by atoms with E-state index in [1.807, 2.05) is 35.2 Å². The van der Waals surface area contributed by atoms with Gasteiger partial charge in [0.25, 0.3) is 5.56 Å². The molecule has 0 unspecified atom stereocenters. The van der Waals surface area contributed by atoms with Crippen LogP contribution in [0.1, 0.15) is 38.7 Å². The van der Waals surface area contributed by atoms with E-state index < -0.39 is 0 Å². The third-order valence-electron chi connectivity index (χ3n) is 4.79. The molecule has 0 bridgehead atoms. The number of nitrogens with zero attached hydrogens (tertiary/aromatic N) is 1. The van der Waals surface area contributed by atoms with Crippen molar-refractivity contribution in [2.75, 3.05) is 5.75 Å². The fraction of sp³-hybridized carbons (Fsp3) is 0.474. The van der Waals surface area contributed by atoms with Crippen LogP contribution >= 0.6 is 11.8 Å². The molecule has 0 radical (unpaired) electrons. The molecule has 5 heteroatoms. The van der Waals surface area contributed by atoms with E-state index in [9.17, 15) is 9.59 Å². The Labute approximate surface area is 146 Å².